The highest BCUT2D eigenvalue weighted by atomic mass is 19.1. The number of rotatable bonds is 6. The van der Waals surface area contributed by atoms with Gasteiger partial charge in [0.25, 0.3) is 0 Å². The second-order valence-corrected chi connectivity index (χ2v) is 5.25. The molecule has 0 saturated heterocycles. The van der Waals surface area contributed by atoms with Gasteiger partial charge in [-0.15, -0.1) is 0 Å². The van der Waals surface area contributed by atoms with Gasteiger partial charge in [-0.2, -0.15) is 0 Å². The van der Waals surface area contributed by atoms with Crippen LogP contribution in [0.2, 0.25) is 0 Å². The van der Waals surface area contributed by atoms with E-state index < -0.39 is 0 Å². The standard InChI is InChI=1S/C18H22FNO/c1-4-20-11-15-10-17(19)7-8-18(15)21-12-16-9-13(2)5-6-14(16)3/h5-10,20H,4,11-12H2,1-3H3. The number of benzene rings is 2. The molecule has 2 rings (SSSR count). The molecule has 0 heterocycles. The van der Waals surface area contributed by atoms with Crippen LogP contribution in [-0.4, -0.2) is 6.54 Å². The first-order valence-electron chi connectivity index (χ1n) is 7.28. The largest absolute Gasteiger partial charge is 0.489 e. The van der Waals surface area contributed by atoms with Gasteiger partial charge in [-0.3, -0.25) is 0 Å². The third-order valence-electron chi connectivity index (χ3n) is 3.48. The lowest BCUT2D eigenvalue weighted by Gasteiger charge is -2.13. The minimum atomic E-state index is -0.234. The molecular formula is C18H22FNO. The summed E-state index contributed by atoms with van der Waals surface area (Å²) in [5.74, 6) is 0.500. The van der Waals surface area contributed by atoms with Crippen molar-refractivity contribution in [2.45, 2.75) is 33.9 Å². The molecule has 1 N–H and O–H groups in total. The quantitative estimate of drug-likeness (QED) is 0.862. The van der Waals surface area contributed by atoms with Crippen LogP contribution in [0, 0.1) is 19.7 Å². The van der Waals surface area contributed by atoms with Crippen LogP contribution in [0.25, 0.3) is 0 Å². The third-order valence-corrected chi connectivity index (χ3v) is 3.48. The summed E-state index contributed by atoms with van der Waals surface area (Å²) in [4.78, 5) is 0. The molecule has 112 valence electrons. The molecule has 0 aromatic heterocycles. The number of halogens is 1. The van der Waals surface area contributed by atoms with Crippen molar-refractivity contribution in [3.05, 3.63) is 64.5 Å². The summed E-state index contributed by atoms with van der Waals surface area (Å²) in [6.07, 6.45) is 0. The molecule has 0 spiro atoms. The van der Waals surface area contributed by atoms with Gasteiger partial charge in [0.15, 0.2) is 0 Å². The molecule has 0 saturated carbocycles. The molecular weight excluding hydrogens is 265 g/mol. The molecule has 3 heteroatoms. The van der Waals surface area contributed by atoms with Gasteiger partial charge in [0.05, 0.1) is 0 Å². The Hall–Kier alpha value is -1.87. The zero-order chi connectivity index (χ0) is 15.2. The van der Waals surface area contributed by atoms with Crippen molar-refractivity contribution in [1.82, 2.24) is 5.32 Å². The fraction of sp³-hybridized carbons (Fsp3) is 0.333. The Labute approximate surface area is 126 Å². The van der Waals surface area contributed by atoms with Gasteiger partial charge in [0.2, 0.25) is 0 Å². The normalized spacial score (nSPS) is 10.7. The van der Waals surface area contributed by atoms with Crippen LogP contribution in [0.4, 0.5) is 4.39 Å². The van der Waals surface area contributed by atoms with Crippen molar-refractivity contribution < 1.29 is 9.13 Å². The molecule has 0 radical (unpaired) electrons. The predicted molar refractivity (Wildman–Crippen MR) is 84.0 cm³/mol. The molecule has 0 amide bonds. The zero-order valence-electron chi connectivity index (χ0n) is 12.9. The van der Waals surface area contributed by atoms with E-state index in [0.29, 0.717) is 13.2 Å². The lowest BCUT2D eigenvalue weighted by Crippen LogP contribution is -2.13. The maximum Gasteiger partial charge on any atom is 0.124 e. The summed E-state index contributed by atoms with van der Waals surface area (Å²) in [5, 5.41) is 3.20. The minimum Gasteiger partial charge on any atom is -0.489 e. The van der Waals surface area contributed by atoms with Crippen LogP contribution in [0.1, 0.15) is 29.2 Å². The second-order valence-electron chi connectivity index (χ2n) is 5.25. The zero-order valence-corrected chi connectivity index (χ0v) is 12.9. The van der Waals surface area contributed by atoms with Crippen LogP contribution in [0.3, 0.4) is 0 Å². The minimum absolute atomic E-state index is 0.234. The molecule has 2 aromatic rings. The molecule has 2 aromatic carbocycles. The van der Waals surface area contributed by atoms with E-state index in [9.17, 15) is 4.39 Å². The van der Waals surface area contributed by atoms with Crippen molar-refractivity contribution in [3.8, 4) is 5.75 Å². The van der Waals surface area contributed by atoms with Gasteiger partial charge in [0.1, 0.15) is 18.2 Å². The molecule has 0 atom stereocenters. The Kier molecular flexibility index (Phi) is 5.34. The lowest BCUT2D eigenvalue weighted by molar-refractivity contribution is 0.300. The third kappa shape index (κ3) is 4.30. The number of ether oxygens (including phenoxy) is 1. The maximum absolute atomic E-state index is 13.4. The van der Waals surface area contributed by atoms with Gasteiger partial charge in [0, 0.05) is 12.1 Å². The van der Waals surface area contributed by atoms with Gasteiger partial charge in [-0.25, -0.2) is 4.39 Å². The average Bonchev–Trinajstić information content (AvgIpc) is 2.47. The highest BCUT2D eigenvalue weighted by molar-refractivity contribution is 5.35. The lowest BCUT2D eigenvalue weighted by atomic mass is 10.1. The highest BCUT2D eigenvalue weighted by Gasteiger charge is 2.07. The monoisotopic (exact) mass is 287 g/mol. The molecule has 0 aliphatic carbocycles. The number of aryl methyl sites for hydroxylation is 2. The topological polar surface area (TPSA) is 21.3 Å². The van der Waals surface area contributed by atoms with Crippen molar-refractivity contribution in [2.24, 2.45) is 0 Å². The molecule has 0 unspecified atom stereocenters. The van der Waals surface area contributed by atoms with E-state index >= 15 is 0 Å². The van der Waals surface area contributed by atoms with Crippen LogP contribution < -0.4 is 10.1 Å². The molecule has 0 aliphatic heterocycles. The smallest absolute Gasteiger partial charge is 0.124 e. The van der Waals surface area contributed by atoms with E-state index in [1.165, 1.54) is 23.3 Å². The van der Waals surface area contributed by atoms with Crippen molar-refractivity contribution >= 4 is 0 Å². The summed E-state index contributed by atoms with van der Waals surface area (Å²) in [6.45, 7) is 8.11. The van der Waals surface area contributed by atoms with Crippen LogP contribution in [0.15, 0.2) is 36.4 Å². The Morgan fingerprint density at radius 1 is 1.05 bits per heavy atom. The van der Waals surface area contributed by atoms with Crippen LogP contribution in [0.5, 0.6) is 5.75 Å². The van der Waals surface area contributed by atoms with E-state index in [1.807, 2.05) is 6.92 Å². The number of hydrogen-bond acceptors (Lipinski definition) is 2. The van der Waals surface area contributed by atoms with Gasteiger partial charge in [-0.1, -0.05) is 30.7 Å². The molecule has 0 bridgehead atoms. The van der Waals surface area contributed by atoms with Crippen molar-refractivity contribution in [2.75, 3.05) is 6.54 Å². The van der Waals surface area contributed by atoms with E-state index in [-0.39, 0.29) is 5.82 Å². The number of hydrogen-bond donors (Lipinski definition) is 1. The summed E-state index contributed by atoms with van der Waals surface area (Å²) in [7, 11) is 0. The second kappa shape index (κ2) is 7.23. The summed E-state index contributed by atoms with van der Waals surface area (Å²) in [6, 6.07) is 11.0. The van der Waals surface area contributed by atoms with Crippen molar-refractivity contribution in [3.63, 3.8) is 0 Å². The van der Waals surface area contributed by atoms with E-state index in [1.54, 1.807) is 6.07 Å². The van der Waals surface area contributed by atoms with Gasteiger partial charge >= 0.3 is 0 Å². The highest BCUT2D eigenvalue weighted by Crippen LogP contribution is 2.22. The van der Waals surface area contributed by atoms with Crippen LogP contribution >= 0.6 is 0 Å². The van der Waals surface area contributed by atoms with E-state index in [0.717, 1.165) is 23.4 Å². The fourth-order valence-corrected chi connectivity index (χ4v) is 2.20. The SMILES string of the molecule is CCNCc1cc(F)ccc1OCc1cc(C)ccc1C. The summed E-state index contributed by atoms with van der Waals surface area (Å²) < 4.78 is 19.3. The first-order valence-corrected chi connectivity index (χ1v) is 7.28. The molecule has 21 heavy (non-hydrogen) atoms. The Bertz CT molecular complexity index is 610. The first kappa shape index (κ1) is 15.5. The van der Waals surface area contributed by atoms with Gasteiger partial charge < -0.3 is 10.1 Å². The van der Waals surface area contributed by atoms with E-state index in [2.05, 4.69) is 37.4 Å². The molecule has 0 aliphatic rings. The fourth-order valence-electron chi connectivity index (χ4n) is 2.20. The number of nitrogens with one attached hydrogen (secondary N) is 1. The first-order chi connectivity index (χ1) is 10.1. The van der Waals surface area contributed by atoms with Gasteiger partial charge in [-0.05, 0) is 49.7 Å². The summed E-state index contributed by atoms with van der Waals surface area (Å²) in [5.41, 5.74) is 4.43. The Morgan fingerprint density at radius 2 is 1.86 bits per heavy atom. The van der Waals surface area contributed by atoms with E-state index in [4.69, 9.17) is 4.74 Å². The molecule has 0 fully saturated rings. The maximum atomic E-state index is 13.4. The van der Waals surface area contributed by atoms with Crippen molar-refractivity contribution in [1.29, 1.82) is 0 Å². The Morgan fingerprint density at radius 3 is 2.62 bits per heavy atom. The summed E-state index contributed by atoms with van der Waals surface area (Å²) >= 11 is 0. The average molecular weight is 287 g/mol. The predicted octanol–water partition coefficient (Wildman–Crippen LogP) is 4.13. The van der Waals surface area contributed by atoms with Crippen LogP contribution in [-0.2, 0) is 13.2 Å². The molecule has 2 nitrogen and oxygen atoms in total. The Balaban J connectivity index is 2.13.